The van der Waals surface area contributed by atoms with Crippen molar-refractivity contribution in [3.8, 4) is 0 Å². The Balaban J connectivity index is 2.35. The number of ether oxygens (including phenoxy) is 1. The van der Waals surface area contributed by atoms with Crippen molar-refractivity contribution in [2.75, 3.05) is 17.2 Å². The maximum Gasteiger partial charge on any atom is 0.414 e. The smallest absolute Gasteiger partial charge is 0.414 e. The third-order valence-electron chi connectivity index (χ3n) is 2.89. The number of halogens is 1. The van der Waals surface area contributed by atoms with E-state index < -0.39 is 5.60 Å². The molecule has 1 amide bonds. The molecule has 2 rings (SSSR count). The minimum atomic E-state index is -0.518. The highest BCUT2D eigenvalue weighted by atomic mass is 35.5. The standard InChI is InChI=1S/C14H19ClN2O2/c1-14(2,3)19-13(18)17-6-4-5-9-7-10(15)8-11(16)12(9)17/h7-8H,4-6,16H2,1-3H3. The number of nitrogen functional groups attached to an aromatic ring is 1. The number of hydrogen-bond acceptors (Lipinski definition) is 3. The van der Waals surface area contributed by atoms with E-state index in [0.29, 0.717) is 17.3 Å². The number of aryl methyl sites for hydroxylation is 1. The minimum absolute atomic E-state index is 0.359. The predicted octanol–water partition coefficient (Wildman–Crippen LogP) is 3.61. The predicted molar refractivity (Wildman–Crippen MR) is 77.8 cm³/mol. The second-order valence-corrected chi connectivity index (χ2v) is 6.17. The molecule has 19 heavy (non-hydrogen) atoms. The summed E-state index contributed by atoms with van der Waals surface area (Å²) in [6.07, 6.45) is 1.40. The summed E-state index contributed by atoms with van der Waals surface area (Å²) < 4.78 is 5.42. The molecule has 0 unspecified atom stereocenters. The van der Waals surface area contributed by atoms with Crippen LogP contribution in [0.5, 0.6) is 0 Å². The highest BCUT2D eigenvalue weighted by Gasteiger charge is 2.29. The maximum atomic E-state index is 12.2. The van der Waals surface area contributed by atoms with Gasteiger partial charge in [0.2, 0.25) is 0 Å². The molecule has 0 aromatic heterocycles. The van der Waals surface area contributed by atoms with E-state index in [1.165, 1.54) is 0 Å². The van der Waals surface area contributed by atoms with E-state index in [1.807, 2.05) is 26.8 Å². The molecule has 4 nitrogen and oxygen atoms in total. The Hall–Kier alpha value is -1.42. The van der Waals surface area contributed by atoms with Crippen LogP contribution >= 0.6 is 11.6 Å². The molecule has 0 atom stereocenters. The summed E-state index contributed by atoms with van der Waals surface area (Å²) in [5, 5.41) is 0.599. The number of carbonyl (C=O) groups excluding carboxylic acids is 1. The highest BCUT2D eigenvalue weighted by molar-refractivity contribution is 6.31. The van der Waals surface area contributed by atoms with Crippen molar-refractivity contribution < 1.29 is 9.53 Å². The molecular formula is C14H19ClN2O2. The third kappa shape index (κ3) is 3.13. The molecule has 1 aliphatic rings. The molecule has 0 spiro atoms. The van der Waals surface area contributed by atoms with Crippen LogP contribution in [0.1, 0.15) is 32.8 Å². The Bertz CT molecular complexity index is 509. The van der Waals surface area contributed by atoms with Gasteiger partial charge < -0.3 is 10.5 Å². The number of nitrogens with zero attached hydrogens (tertiary/aromatic N) is 1. The lowest BCUT2D eigenvalue weighted by Crippen LogP contribution is -2.40. The molecule has 0 saturated carbocycles. The van der Waals surface area contributed by atoms with Crippen LogP contribution in [0, 0.1) is 0 Å². The van der Waals surface area contributed by atoms with Crippen LogP contribution in [0.15, 0.2) is 12.1 Å². The van der Waals surface area contributed by atoms with Gasteiger partial charge in [0.1, 0.15) is 5.60 Å². The van der Waals surface area contributed by atoms with E-state index in [1.54, 1.807) is 11.0 Å². The molecule has 1 aliphatic heterocycles. The third-order valence-corrected chi connectivity index (χ3v) is 3.11. The summed E-state index contributed by atoms with van der Waals surface area (Å²) in [5.41, 5.74) is 7.75. The minimum Gasteiger partial charge on any atom is -0.443 e. The van der Waals surface area contributed by atoms with E-state index >= 15 is 0 Å². The topological polar surface area (TPSA) is 55.6 Å². The zero-order valence-electron chi connectivity index (χ0n) is 11.5. The zero-order valence-corrected chi connectivity index (χ0v) is 12.3. The van der Waals surface area contributed by atoms with Gasteiger partial charge in [0.05, 0.1) is 11.4 Å². The average Bonchev–Trinajstić information content (AvgIpc) is 2.25. The van der Waals surface area contributed by atoms with Crippen molar-refractivity contribution in [3.63, 3.8) is 0 Å². The van der Waals surface area contributed by atoms with E-state index in [9.17, 15) is 4.79 Å². The van der Waals surface area contributed by atoms with Crippen LogP contribution in [0.4, 0.5) is 16.2 Å². The molecule has 1 heterocycles. The first-order chi connectivity index (χ1) is 8.78. The van der Waals surface area contributed by atoms with Gasteiger partial charge >= 0.3 is 6.09 Å². The van der Waals surface area contributed by atoms with Gasteiger partial charge in [-0.05, 0) is 51.3 Å². The lowest BCUT2D eigenvalue weighted by molar-refractivity contribution is 0.0578. The van der Waals surface area contributed by atoms with E-state index in [2.05, 4.69) is 0 Å². The maximum absolute atomic E-state index is 12.2. The van der Waals surface area contributed by atoms with Crippen molar-refractivity contribution in [1.82, 2.24) is 0 Å². The fraction of sp³-hybridized carbons (Fsp3) is 0.500. The molecule has 5 heteroatoms. The first-order valence-electron chi connectivity index (χ1n) is 6.36. The number of carbonyl (C=O) groups is 1. The number of anilines is 2. The fourth-order valence-electron chi connectivity index (χ4n) is 2.24. The van der Waals surface area contributed by atoms with Gasteiger partial charge in [0.25, 0.3) is 0 Å². The van der Waals surface area contributed by atoms with Crippen molar-refractivity contribution >= 4 is 29.1 Å². The van der Waals surface area contributed by atoms with Gasteiger partial charge in [-0.1, -0.05) is 11.6 Å². The Morgan fingerprint density at radius 2 is 2.11 bits per heavy atom. The van der Waals surface area contributed by atoms with Gasteiger partial charge in [-0.15, -0.1) is 0 Å². The lowest BCUT2D eigenvalue weighted by Gasteiger charge is -2.32. The fourth-order valence-corrected chi connectivity index (χ4v) is 2.49. The Labute approximate surface area is 118 Å². The van der Waals surface area contributed by atoms with Gasteiger partial charge in [0.15, 0.2) is 0 Å². The molecule has 1 aromatic rings. The second kappa shape index (κ2) is 4.93. The quantitative estimate of drug-likeness (QED) is 0.740. The SMILES string of the molecule is CC(C)(C)OC(=O)N1CCCc2cc(Cl)cc(N)c21. The molecule has 1 aromatic carbocycles. The summed E-state index contributed by atoms with van der Waals surface area (Å²) in [5.74, 6) is 0. The monoisotopic (exact) mass is 282 g/mol. The molecule has 0 aliphatic carbocycles. The summed E-state index contributed by atoms with van der Waals surface area (Å²) in [6, 6.07) is 3.53. The Morgan fingerprint density at radius 1 is 1.42 bits per heavy atom. The number of rotatable bonds is 0. The van der Waals surface area contributed by atoms with Gasteiger partial charge in [-0.3, -0.25) is 4.90 Å². The first-order valence-corrected chi connectivity index (χ1v) is 6.74. The van der Waals surface area contributed by atoms with Crippen LogP contribution in [0.3, 0.4) is 0 Å². The Kier molecular flexibility index (Phi) is 3.63. The van der Waals surface area contributed by atoms with Crippen molar-refractivity contribution in [3.05, 3.63) is 22.7 Å². The van der Waals surface area contributed by atoms with Gasteiger partial charge in [-0.2, -0.15) is 0 Å². The highest BCUT2D eigenvalue weighted by Crippen LogP contribution is 2.36. The number of hydrogen-bond donors (Lipinski definition) is 1. The van der Waals surface area contributed by atoms with Crippen molar-refractivity contribution in [2.24, 2.45) is 0 Å². The van der Waals surface area contributed by atoms with E-state index in [4.69, 9.17) is 22.1 Å². The second-order valence-electron chi connectivity index (χ2n) is 5.74. The van der Waals surface area contributed by atoms with Crippen LogP contribution in [0.25, 0.3) is 0 Å². The lowest BCUT2D eigenvalue weighted by atomic mass is 10.0. The molecule has 0 saturated heterocycles. The van der Waals surface area contributed by atoms with Crippen LogP contribution in [0.2, 0.25) is 5.02 Å². The summed E-state index contributed by atoms with van der Waals surface area (Å²) in [7, 11) is 0. The van der Waals surface area contributed by atoms with Gasteiger partial charge in [0, 0.05) is 11.6 Å². The van der Waals surface area contributed by atoms with Gasteiger partial charge in [-0.25, -0.2) is 4.79 Å². The van der Waals surface area contributed by atoms with Crippen LogP contribution in [-0.4, -0.2) is 18.2 Å². The van der Waals surface area contributed by atoms with Crippen LogP contribution in [-0.2, 0) is 11.2 Å². The number of amides is 1. The molecule has 104 valence electrons. The number of benzene rings is 1. The zero-order chi connectivity index (χ0) is 14.2. The molecule has 0 radical (unpaired) electrons. The number of fused-ring (bicyclic) bond motifs is 1. The molecule has 0 fully saturated rings. The summed E-state index contributed by atoms with van der Waals surface area (Å²) in [4.78, 5) is 13.8. The molecule has 0 bridgehead atoms. The van der Waals surface area contributed by atoms with E-state index in [-0.39, 0.29) is 6.09 Å². The van der Waals surface area contributed by atoms with Crippen LogP contribution < -0.4 is 10.6 Å². The first kappa shape index (κ1) is 14.0. The molecular weight excluding hydrogens is 264 g/mol. The normalized spacial score (nSPS) is 15.1. The number of nitrogens with two attached hydrogens (primary N) is 1. The van der Waals surface area contributed by atoms with Crippen molar-refractivity contribution in [2.45, 2.75) is 39.2 Å². The largest absolute Gasteiger partial charge is 0.443 e. The Morgan fingerprint density at radius 3 is 2.74 bits per heavy atom. The van der Waals surface area contributed by atoms with E-state index in [0.717, 1.165) is 24.1 Å². The summed E-state index contributed by atoms with van der Waals surface area (Å²) in [6.45, 7) is 6.16. The summed E-state index contributed by atoms with van der Waals surface area (Å²) >= 11 is 6.00. The average molecular weight is 283 g/mol. The van der Waals surface area contributed by atoms with Crippen molar-refractivity contribution in [1.29, 1.82) is 0 Å². The molecule has 2 N–H and O–H groups in total.